The number of nitrogens with zero attached hydrogens (tertiary/aromatic N) is 3. The van der Waals surface area contributed by atoms with E-state index in [0.29, 0.717) is 18.7 Å². The summed E-state index contributed by atoms with van der Waals surface area (Å²) in [7, 11) is 0. The van der Waals surface area contributed by atoms with Gasteiger partial charge in [0.05, 0.1) is 16.8 Å². The fourth-order valence-corrected chi connectivity index (χ4v) is 3.97. The standard InChI is InChI=1S/C23H20N4O/c28-23(19-10-4-8-16-9-5-13-24-21(16)19)27-14-11-18-20(12-15-27)25-26-22(18)17-6-2-1-3-7-17/h1-10,13H,11-12,14-15H2,(H,25,26). The average molecular weight is 368 g/mol. The highest BCUT2D eigenvalue weighted by atomic mass is 16.2. The molecule has 0 bridgehead atoms. The van der Waals surface area contributed by atoms with E-state index in [-0.39, 0.29) is 5.91 Å². The molecule has 5 rings (SSSR count). The number of fused-ring (bicyclic) bond motifs is 2. The van der Waals surface area contributed by atoms with E-state index in [1.165, 1.54) is 5.56 Å². The molecule has 2 aromatic carbocycles. The molecule has 28 heavy (non-hydrogen) atoms. The molecule has 0 radical (unpaired) electrons. The zero-order valence-corrected chi connectivity index (χ0v) is 15.4. The van der Waals surface area contributed by atoms with Crippen LogP contribution < -0.4 is 0 Å². The van der Waals surface area contributed by atoms with E-state index in [9.17, 15) is 4.79 Å². The van der Waals surface area contributed by atoms with Gasteiger partial charge >= 0.3 is 0 Å². The molecule has 1 aliphatic rings. The highest BCUT2D eigenvalue weighted by Crippen LogP contribution is 2.27. The molecule has 138 valence electrons. The second kappa shape index (κ2) is 6.93. The third-order valence-corrected chi connectivity index (χ3v) is 5.41. The van der Waals surface area contributed by atoms with Crippen LogP contribution in [0, 0.1) is 0 Å². The number of nitrogens with one attached hydrogen (secondary N) is 1. The van der Waals surface area contributed by atoms with E-state index in [4.69, 9.17) is 0 Å². The Balaban J connectivity index is 1.43. The van der Waals surface area contributed by atoms with E-state index in [1.54, 1.807) is 6.20 Å². The summed E-state index contributed by atoms with van der Waals surface area (Å²) < 4.78 is 0. The third-order valence-electron chi connectivity index (χ3n) is 5.41. The van der Waals surface area contributed by atoms with Crippen LogP contribution in [0.25, 0.3) is 22.2 Å². The molecule has 3 heterocycles. The SMILES string of the molecule is O=C(c1cccc2cccnc12)N1CCc2[nH]nc(-c3ccccc3)c2CC1. The molecule has 0 fully saturated rings. The van der Waals surface area contributed by atoms with Crippen molar-refractivity contribution in [2.45, 2.75) is 12.8 Å². The van der Waals surface area contributed by atoms with Crippen LogP contribution in [-0.2, 0) is 12.8 Å². The molecule has 0 aliphatic carbocycles. The molecule has 0 saturated heterocycles. The molecule has 1 N–H and O–H groups in total. The van der Waals surface area contributed by atoms with Crippen LogP contribution in [0.2, 0.25) is 0 Å². The minimum Gasteiger partial charge on any atom is -0.338 e. The van der Waals surface area contributed by atoms with Crippen LogP contribution in [0.5, 0.6) is 0 Å². The Kier molecular flexibility index (Phi) is 4.13. The molecule has 5 heteroatoms. The normalized spacial score (nSPS) is 13.9. The molecule has 0 spiro atoms. The number of rotatable bonds is 2. The first-order valence-electron chi connectivity index (χ1n) is 9.56. The fourth-order valence-electron chi connectivity index (χ4n) is 3.97. The van der Waals surface area contributed by atoms with E-state index in [1.807, 2.05) is 53.4 Å². The van der Waals surface area contributed by atoms with E-state index < -0.39 is 0 Å². The lowest BCUT2D eigenvalue weighted by Crippen LogP contribution is -2.33. The summed E-state index contributed by atoms with van der Waals surface area (Å²) in [5, 5.41) is 8.72. The van der Waals surface area contributed by atoms with E-state index in [0.717, 1.165) is 40.7 Å². The number of carbonyl (C=O) groups is 1. The maximum Gasteiger partial charge on any atom is 0.256 e. The van der Waals surface area contributed by atoms with Gasteiger partial charge in [0.1, 0.15) is 0 Å². The van der Waals surface area contributed by atoms with E-state index >= 15 is 0 Å². The Bertz CT molecular complexity index is 1140. The zero-order chi connectivity index (χ0) is 18.9. The lowest BCUT2D eigenvalue weighted by molar-refractivity contribution is 0.0764. The first-order valence-corrected chi connectivity index (χ1v) is 9.56. The second-order valence-electron chi connectivity index (χ2n) is 7.07. The number of H-pyrrole nitrogens is 1. The van der Waals surface area contributed by atoms with Crippen molar-refractivity contribution in [1.29, 1.82) is 0 Å². The van der Waals surface area contributed by atoms with Crippen molar-refractivity contribution in [2.75, 3.05) is 13.1 Å². The molecule has 0 unspecified atom stereocenters. The zero-order valence-electron chi connectivity index (χ0n) is 15.4. The van der Waals surface area contributed by atoms with Crippen LogP contribution in [-0.4, -0.2) is 39.1 Å². The predicted octanol–water partition coefficient (Wildman–Crippen LogP) is 3.87. The first kappa shape index (κ1) is 16.7. The van der Waals surface area contributed by atoms with Crippen molar-refractivity contribution in [1.82, 2.24) is 20.1 Å². The van der Waals surface area contributed by atoms with Gasteiger partial charge in [-0.2, -0.15) is 5.10 Å². The Hall–Kier alpha value is -3.47. The Morgan fingerprint density at radius 3 is 2.64 bits per heavy atom. The first-order chi connectivity index (χ1) is 13.8. The summed E-state index contributed by atoms with van der Waals surface area (Å²) in [6, 6.07) is 19.9. The van der Waals surface area contributed by atoms with Gasteiger partial charge < -0.3 is 4.90 Å². The summed E-state index contributed by atoms with van der Waals surface area (Å²) in [6.07, 6.45) is 3.31. The van der Waals surface area contributed by atoms with Crippen molar-refractivity contribution in [3.63, 3.8) is 0 Å². The van der Waals surface area contributed by atoms with Crippen molar-refractivity contribution >= 4 is 16.8 Å². The Morgan fingerprint density at radius 1 is 0.929 bits per heavy atom. The number of pyridine rings is 1. The third kappa shape index (κ3) is 2.85. The van der Waals surface area contributed by atoms with Gasteiger partial charge in [-0.25, -0.2) is 0 Å². The number of carbonyl (C=O) groups excluding carboxylic acids is 1. The van der Waals surface area contributed by atoms with Crippen LogP contribution in [0.3, 0.4) is 0 Å². The number of amides is 1. The van der Waals surface area contributed by atoms with Crippen molar-refractivity contribution in [3.8, 4) is 11.3 Å². The summed E-state index contributed by atoms with van der Waals surface area (Å²) >= 11 is 0. The molecule has 1 aliphatic heterocycles. The summed E-state index contributed by atoms with van der Waals surface area (Å²) in [6.45, 7) is 1.35. The van der Waals surface area contributed by atoms with Gasteiger partial charge in [-0.15, -0.1) is 0 Å². The maximum absolute atomic E-state index is 13.3. The van der Waals surface area contributed by atoms with Crippen LogP contribution in [0.1, 0.15) is 21.6 Å². The summed E-state index contributed by atoms with van der Waals surface area (Å²) in [5.41, 5.74) is 5.90. The van der Waals surface area contributed by atoms with Crippen LogP contribution >= 0.6 is 0 Å². The van der Waals surface area contributed by atoms with Crippen molar-refractivity contribution in [2.24, 2.45) is 0 Å². The van der Waals surface area contributed by atoms with E-state index in [2.05, 4.69) is 27.3 Å². The number of hydrogen-bond donors (Lipinski definition) is 1. The van der Waals surface area contributed by atoms with Gasteiger partial charge in [-0.3, -0.25) is 14.9 Å². The number of aromatic amines is 1. The maximum atomic E-state index is 13.3. The lowest BCUT2D eigenvalue weighted by atomic mass is 10.0. The van der Waals surface area contributed by atoms with Crippen molar-refractivity contribution in [3.05, 3.63) is 83.7 Å². The van der Waals surface area contributed by atoms with Crippen LogP contribution in [0.15, 0.2) is 66.9 Å². The largest absolute Gasteiger partial charge is 0.338 e. The minimum atomic E-state index is 0.0451. The molecule has 0 saturated carbocycles. The molecule has 2 aromatic heterocycles. The van der Waals surface area contributed by atoms with Crippen LogP contribution in [0.4, 0.5) is 0 Å². The monoisotopic (exact) mass is 368 g/mol. The molecule has 4 aromatic rings. The molecular formula is C23H20N4O. The van der Waals surface area contributed by atoms with Gasteiger partial charge in [0.15, 0.2) is 0 Å². The highest BCUT2D eigenvalue weighted by molar-refractivity contribution is 6.05. The summed E-state index contributed by atoms with van der Waals surface area (Å²) in [5.74, 6) is 0.0451. The lowest BCUT2D eigenvalue weighted by Gasteiger charge is -2.21. The Labute approximate surface area is 163 Å². The predicted molar refractivity (Wildman–Crippen MR) is 109 cm³/mol. The Morgan fingerprint density at radius 2 is 1.75 bits per heavy atom. The van der Waals surface area contributed by atoms with Gasteiger partial charge in [0, 0.05) is 47.9 Å². The average Bonchev–Trinajstić information content (AvgIpc) is 3.05. The summed E-state index contributed by atoms with van der Waals surface area (Å²) in [4.78, 5) is 19.6. The smallest absolute Gasteiger partial charge is 0.256 e. The topological polar surface area (TPSA) is 61.9 Å². The van der Waals surface area contributed by atoms with Gasteiger partial charge in [-0.05, 0) is 18.6 Å². The number of hydrogen-bond acceptors (Lipinski definition) is 3. The minimum absolute atomic E-state index is 0.0451. The number of para-hydroxylation sites is 1. The van der Waals surface area contributed by atoms with Gasteiger partial charge in [0.2, 0.25) is 0 Å². The molecule has 0 atom stereocenters. The fraction of sp³-hybridized carbons (Fsp3) is 0.174. The number of aromatic nitrogens is 3. The molecular weight excluding hydrogens is 348 g/mol. The number of benzene rings is 2. The highest BCUT2D eigenvalue weighted by Gasteiger charge is 2.24. The van der Waals surface area contributed by atoms with Crippen molar-refractivity contribution < 1.29 is 4.79 Å². The quantitative estimate of drug-likeness (QED) is 0.584. The van der Waals surface area contributed by atoms with Gasteiger partial charge in [-0.1, -0.05) is 48.5 Å². The second-order valence-corrected chi connectivity index (χ2v) is 7.07. The van der Waals surface area contributed by atoms with Gasteiger partial charge in [0.25, 0.3) is 5.91 Å². The molecule has 1 amide bonds. The molecule has 5 nitrogen and oxygen atoms in total.